The van der Waals surface area contributed by atoms with Crippen LogP contribution >= 0.6 is 0 Å². The van der Waals surface area contributed by atoms with Crippen LogP contribution < -0.4 is 0 Å². The SMILES string of the molecule is O=C(O)c1ccc(C(=O)N2CCC(Cc3nc4ccccc4[nH]3)CC2)cc1. The van der Waals surface area contributed by atoms with Gasteiger partial charge in [-0.3, -0.25) is 4.79 Å². The molecule has 0 radical (unpaired) electrons. The normalized spacial score (nSPS) is 15.2. The van der Waals surface area contributed by atoms with Crippen LogP contribution in [0.2, 0.25) is 0 Å². The van der Waals surface area contributed by atoms with Gasteiger partial charge in [-0.1, -0.05) is 12.1 Å². The molecule has 0 saturated carbocycles. The third kappa shape index (κ3) is 3.69. The summed E-state index contributed by atoms with van der Waals surface area (Å²) in [5, 5.41) is 8.96. The molecule has 0 bridgehead atoms. The Morgan fingerprint density at radius 1 is 1.04 bits per heavy atom. The molecule has 2 N–H and O–H groups in total. The van der Waals surface area contributed by atoms with Gasteiger partial charge in [0.1, 0.15) is 5.82 Å². The zero-order valence-corrected chi connectivity index (χ0v) is 14.9. The van der Waals surface area contributed by atoms with Crippen LogP contribution in [-0.2, 0) is 6.42 Å². The molecule has 27 heavy (non-hydrogen) atoms. The minimum Gasteiger partial charge on any atom is -0.478 e. The van der Waals surface area contributed by atoms with Crippen molar-refractivity contribution in [2.75, 3.05) is 13.1 Å². The standard InChI is InChI=1S/C21H21N3O3/c25-20(15-5-7-16(8-6-15)21(26)27)24-11-9-14(10-12-24)13-19-22-17-3-1-2-4-18(17)23-19/h1-8,14H,9-13H2,(H,22,23)(H,26,27). The highest BCUT2D eigenvalue weighted by atomic mass is 16.4. The van der Waals surface area contributed by atoms with E-state index in [4.69, 9.17) is 5.11 Å². The molecule has 138 valence electrons. The lowest BCUT2D eigenvalue weighted by atomic mass is 9.93. The van der Waals surface area contributed by atoms with E-state index >= 15 is 0 Å². The smallest absolute Gasteiger partial charge is 0.335 e. The number of benzene rings is 2. The van der Waals surface area contributed by atoms with Crippen molar-refractivity contribution in [2.45, 2.75) is 19.3 Å². The lowest BCUT2D eigenvalue weighted by Crippen LogP contribution is -2.39. The van der Waals surface area contributed by atoms with Crippen molar-refractivity contribution in [3.63, 3.8) is 0 Å². The van der Waals surface area contributed by atoms with Crippen LogP contribution in [0.25, 0.3) is 11.0 Å². The van der Waals surface area contributed by atoms with E-state index in [0.717, 1.165) is 36.1 Å². The Balaban J connectivity index is 1.35. The predicted octanol–water partition coefficient (Wildman–Crippen LogP) is 3.36. The van der Waals surface area contributed by atoms with Crippen LogP contribution in [0.4, 0.5) is 0 Å². The Kier molecular flexibility index (Phi) is 4.62. The van der Waals surface area contributed by atoms with Crippen molar-refractivity contribution in [2.24, 2.45) is 5.92 Å². The molecule has 1 aliphatic rings. The van der Waals surface area contributed by atoms with Crippen molar-refractivity contribution in [1.29, 1.82) is 0 Å². The van der Waals surface area contributed by atoms with Gasteiger partial charge in [-0.05, 0) is 55.2 Å². The zero-order valence-electron chi connectivity index (χ0n) is 14.9. The summed E-state index contributed by atoms with van der Waals surface area (Å²) in [5.74, 6) is 0.490. The number of carboxylic acid groups (broad SMARTS) is 1. The average Bonchev–Trinajstić information content (AvgIpc) is 3.10. The van der Waals surface area contributed by atoms with Gasteiger partial charge in [0.05, 0.1) is 16.6 Å². The fraction of sp³-hybridized carbons (Fsp3) is 0.286. The number of carbonyl (C=O) groups is 2. The number of carbonyl (C=O) groups excluding carboxylic acids is 1. The van der Waals surface area contributed by atoms with E-state index < -0.39 is 5.97 Å². The Bertz CT molecular complexity index is 937. The van der Waals surface area contributed by atoms with Crippen molar-refractivity contribution >= 4 is 22.9 Å². The van der Waals surface area contributed by atoms with Gasteiger partial charge in [-0.2, -0.15) is 0 Å². The number of nitrogens with one attached hydrogen (secondary N) is 1. The lowest BCUT2D eigenvalue weighted by Gasteiger charge is -2.31. The molecular weight excluding hydrogens is 342 g/mol. The zero-order chi connectivity index (χ0) is 18.8. The number of hydrogen-bond acceptors (Lipinski definition) is 3. The van der Waals surface area contributed by atoms with Crippen LogP contribution in [0.5, 0.6) is 0 Å². The van der Waals surface area contributed by atoms with E-state index in [-0.39, 0.29) is 11.5 Å². The van der Waals surface area contributed by atoms with Gasteiger partial charge in [0, 0.05) is 25.1 Å². The van der Waals surface area contributed by atoms with Crippen molar-refractivity contribution in [3.05, 3.63) is 65.5 Å². The molecule has 1 saturated heterocycles. The Labute approximate surface area is 156 Å². The number of carboxylic acids is 1. The number of aromatic carboxylic acids is 1. The number of aromatic amines is 1. The van der Waals surface area contributed by atoms with Gasteiger partial charge in [0.25, 0.3) is 5.91 Å². The number of fused-ring (bicyclic) bond motifs is 1. The van der Waals surface area contributed by atoms with Gasteiger partial charge in [0.2, 0.25) is 0 Å². The number of likely N-dealkylation sites (tertiary alicyclic amines) is 1. The van der Waals surface area contributed by atoms with Crippen LogP contribution in [0, 0.1) is 5.92 Å². The molecule has 0 aliphatic carbocycles. The number of aromatic nitrogens is 2. The summed E-state index contributed by atoms with van der Waals surface area (Å²) >= 11 is 0. The molecule has 2 aromatic carbocycles. The molecule has 1 aromatic heterocycles. The van der Waals surface area contributed by atoms with Gasteiger partial charge < -0.3 is 15.0 Å². The van der Waals surface area contributed by atoms with E-state index in [0.29, 0.717) is 24.6 Å². The Morgan fingerprint density at radius 2 is 1.70 bits per heavy atom. The minimum absolute atomic E-state index is 0.0332. The number of imidazole rings is 1. The van der Waals surface area contributed by atoms with Crippen LogP contribution in [0.1, 0.15) is 39.4 Å². The molecule has 0 spiro atoms. The summed E-state index contributed by atoms with van der Waals surface area (Å²) in [7, 11) is 0. The second kappa shape index (κ2) is 7.23. The first-order chi connectivity index (χ1) is 13.1. The number of H-pyrrole nitrogens is 1. The van der Waals surface area contributed by atoms with Crippen LogP contribution in [-0.4, -0.2) is 44.9 Å². The molecule has 6 nitrogen and oxygen atoms in total. The molecule has 1 aliphatic heterocycles. The maximum atomic E-state index is 12.6. The molecule has 2 heterocycles. The third-order valence-electron chi connectivity index (χ3n) is 5.20. The average molecular weight is 363 g/mol. The van der Waals surface area contributed by atoms with Gasteiger partial charge in [-0.15, -0.1) is 0 Å². The van der Waals surface area contributed by atoms with Crippen LogP contribution in [0.3, 0.4) is 0 Å². The number of hydrogen-bond donors (Lipinski definition) is 2. The van der Waals surface area contributed by atoms with Gasteiger partial charge >= 0.3 is 5.97 Å². The Morgan fingerprint density at radius 3 is 2.37 bits per heavy atom. The molecule has 1 amide bonds. The van der Waals surface area contributed by atoms with Gasteiger partial charge in [-0.25, -0.2) is 9.78 Å². The van der Waals surface area contributed by atoms with E-state index in [1.807, 2.05) is 29.2 Å². The first kappa shape index (κ1) is 17.3. The van der Waals surface area contributed by atoms with Crippen molar-refractivity contribution in [1.82, 2.24) is 14.9 Å². The quantitative estimate of drug-likeness (QED) is 0.744. The molecular formula is C21H21N3O3. The van der Waals surface area contributed by atoms with E-state index in [1.54, 1.807) is 12.1 Å². The first-order valence-electron chi connectivity index (χ1n) is 9.16. The fourth-order valence-corrected chi connectivity index (χ4v) is 3.65. The van der Waals surface area contributed by atoms with Crippen LogP contribution in [0.15, 0.2) is 48.5 Å². The topological polar surface area (TPSA) is 86.3 Å². The molecule has 4 rings (SSSR count). The van der Waals surface area contributed by atoms with E-state index in [2.05, 4.69) is 9.97 Å². The van der Waals surface area contributed by atoms with Gasteiger partial charge in [0.15, 0.2) is 0 Å². The minimum atomic E-state index is -0.986. The number of amides is 1. The molecule has 6 heteroatoms. The van der Waals surface area contributed by atoms with E-state index in [1.165, 1.54) is 12.1 Å². The van der Waals surface area contributed by atoms with E-state index in [9.17, 15) is 9.59 Å². The monoisotopic (exact) mass is 363 g/mol. The first-order valence-corrected chi connectivity index (χ1v) is 9.16. The largest absolute Gasteiger partial charge is 0.478 e. The van der Waals surface area contributed by atoms with Crippen molar-refractivity contribution < 1.29 is 14.7 Å². The second-order valence-electron chi connectivity index (χ2n) is 7.02. The lowest BCUT2D eigenvalue weighted by molar-refractivity contribution is 0.0679. The van der Waals surface area contributed by atoms with Crippen molar-refractivity contribution in [3.8, 4) is 0 Å². The summed E-state index contributed by atoms with van der Waals surface area (Å²) in [6, 6.07) is 14.2. The fourth-order valence-electron chi connectivity index (χ4n) is 3.65. The summed E-state index contributed by atoms with van der Waals surface area (Å²) in [6.07, 6.45) is 2.77. The highest BCUT2D eigenvalue weighted by molar-refractivity contribution is 5.96. The maximum absolute atomic E-state index is 12.6. The summed E-state index contributed by atoms with van der Waals surface area (Å²) < 4.78 is 0. The summed E-state index contributed by atoms with van der Waals surface area (Å²) in [6.45, 7) is 1.43. The third-order valence-corrected chi connectivity index (χ3v) is 5.20. The number of nitrogens with zero attached hydrogens (tertiary/aromatic N) is 2. The molecule has 3 aromatic rings. The summed E-state index contributed by atoms with van der Waals surface area (Å²) in [4.78, 5) is 33.4. The predicted molar refractivity (Wildman–Crippen MR) is 102 cm³/mol. The number of para-hydroxylation sites is 2. The number of rotatable bonds is 4. The maximum Gasteiger partial charge on any atom is 0.335 e. The highest BCUT2D eigenvalue weighted by Gasteiger charge is 2.24. The molecule has 0 atom stereocenters. The summed E-state index contributed by atoms with van der Waals surface area (Å²) in [5.41, 5.74) is 2.78. The number of piperidine rings is 1. The highest BCUT2D eigenvalue weighted by Crippen LogP contribution is 2.23. The second-order valence-corrected chi connectivity index (χ2v) is 7.02. The molecule has 0 unspecified atom stereocenters. The molecule has 1 fully saturated rings. The Hall–Kier alpha value is -3.15.